The van der Waals surface area contributed by atoms with Gasteiger partial charge in [-0.15, -0.1) is 0 Å². The highest BCUT2D eigenvalue weighted by molar-refractivity contribution is 5.21. The third-order valence-corrected chi connectivity index (χ3v) is 3.48. The van der Waals surface area contributed by atoms with Crippen molar-refractivity contribution in [2.45, 2.75) is 37.6 Å². The molecule has 2 rings (SSSR count). The largest absolute Gasteiger partial charge is 0.401 e. The molecule has 1 aliphatic rings. The van der Waals surface area contributed by atoms with Gasteiger partial charge in [0.05, 0.1) is 12.6 Å². The fraction of sp³-hybridized carbons (Fsp3) is 0.571. The molecule has 21 heavy (non-hydrogen) atoms. The average molecular weight is 309 g/mol. The highest BCUT2D eigenvalue weighted by Gasteiger charge is 2.38. The third kappa shape index (κ3) is 4.64. The summed E-state index contributed by atoms with van der Waals surface area (Å²) >= 11 is 0. The molecule has 7 heteroatoms. The standard InChI is InChI=1S/C14H16F5NO/c15-11-3-1-2-10(13(11)16)12(21)6-7-20(9-4-5-9)8-14(17,18)19/h1-3,9,12,21H,4-8H2. The SMILES string of the molecule is OC(CCN(CC(F)(F)F)C1CC1)c1cccc(F)c1F. The lowest BCUT2D eigenvalue weighted by Crippen LogP contribution is -2.37. The molecule has 2 nitrogen and oxygen atoms in total. The van der Waals surface area contributed by atoms with Crippen LogP contribution in [0.25, 0.3) is 0 Å². The van der Waals surface area contributed by atoms with E-state index in [2.05, 4.69) is 0 Å². The molecule has 1 atom stereocenters. The van der Waals surface area contributed by atoms with Crippen LogP contribution in [0.5, 0.6) is 0 Å². The molecule has 1 aliphatic carbocycles. The number of aliphatic hydroxyl groups is 1. The van der Waals surface area contributed by atoms with Crippen molar-refractivity contribution < 1.29 is 27.1 Å². The predicted molar refractivity (Wildman–Crippen MR) is 66.6 cm³/mol. The molecule has 1 fully saturated rings. The summed E-state index contributed by atoms with van der Waals surface area (Å²) in [4.78, 5) is 1.24. The summed E-state index contributed by atoms with van der Waals surface area (Å²) in [7, 11) is 0. The summed E-state index contributed by atoms with van der Waals surface area (Å²) < 4.78 is 63.9. The predicted octanol–water partition coefficient (Wildman–Crippen LogP) is 3.42. The number of rotatable bonds is 6. The van der Waals surface area contributed by atoms with Crippen molar-refractivity contribution in [3.8, 4) is 0 Å². The van der Waals surface area contributed by atoms with Crippen molar-refractivity contribution in [2.75, 3.05) is 13.1 Å². The number of hydrogen-bond donors (Lipinski definition) is 1. The minimum Gasteiger partial charge on any atom is -0.388 e. The fourth-order valence-electron chi connectivity index (χ4n) is 2.28. The van der Waals surface area contributed by atoms with Crippen LogP contribution in [0.3, 0.4) is 0 Å². The van der Waals surface area contributed by atoms with E-state index in [1.54, 1.807) is 0 Å². The second-order valence-corrected chi connectivity index (χ2v) is 5.26. The van der Waals surface area contributed by atoms with E-state index in [0.717, 1.165) is 6.07 Å². The molecule has 0 amide bonds. The first kappa shape index (κ1) is 16.2. The van der Waals surface area contributed by atoms with Crippen LogP contribution >= 0.6 is 0 Å². The Kier molecular flexibility index (Phi) is 4.83. The van der Waals surface area contributed by atoms with Gasteiger partial charge in [0.15, 0.2) is 11.6 Å². The maximum Gasteiger partial charge on any atom is 0.401 e. The van der Waals surface area contributed by atoms with Crippen LogP contribution in [-0.4, -0.2) is 35.3 Å². The Morgan fingerprint density at radius 1 is 1.24 bits per heavy atom. The van der Waals surface area contributed by atoms with Crippen molar-refractivity contribution in [3.63, 3.8) is 0 Å². The Morgan fingerprint density at radius 3 is 2.48 bits per heavy atom. The quantitative estimate of drug-likeness (QED) is 0.814. The van der Waals surface area contributed by atoms with E-state index >= 15 is 0 Å². The van der Waals surface area contributed by atoms with E-state index in [4.69, 9.17) is 0 Å². The first-order valence-corrected chi connectivity index (χ1v) is 6.70. The zero-order valence-corrected chi connectivity index (χ0v) is 11.2. The van der Waals surface area contributed by atoms with Crippen LogP contribution in [-0.2, 0) is 0 Å². The van der Waals surface area contributed by atoms with Gasteiger partial charge >= 0.3 is 6.18 Å². The smallest absolute Gasteiger partial charge is 0.388 e. The van der Waals surface area contributed by atoms with Crippen molar-refractivity contribution in [3.05, 3.63) is 35.4 Å². The van der Waals surface area contributed by atoms with Crippen molar-refractivity contribution >= 4 is 0 Å². The van der Waals surface area contributed by atoms with Gasteiger partial charge in [-0.3, -0.25) is 4.90 Å². The summed E-state index contributed by atoms with van der Waals surface area (Å²) in [5.74, 6) is -2.24. The lowest BCUT2D eigenvalue weighted by Gasteiger charge is -2.24. The molecule has 1 unspecified atom stereocenters. The average Bonchev–Trinajstić information content (AvgIpc) is 3.20. The van der Waals surface area contributed by atoms with E-state index in [1.807, 2.05) is 0 Å². The van der Waals surface area contributed by atoms with Gasteiger partial charge in [0, 0.05) is 18.2 Å². The van der Waals surface area contributed by atoms with E-state index in [1.165, 1.54) is 17.0 Å². The van der Waals surface area contributed by atoms with Crippen molar-refractivity contribution in [1.82, 2.24) is 4.90 Å². The maximum absolute atomic E-state index is 13.5. The zero-order valence-electron chi connectivity index (χ0n) is 11.2. The van der Waals surface area contributed by atoms with Crippen molar-refractivity contribution in [1.29, 1.82) is 0 Å². The van der Waals surface area contributed by atoms with Gasteiger partial charge in [-0.1, -0.05) is 12.1 Å². The Hall–Kier alpha value is -1.21. The molecule has 1 saturated carbocycles. The monoisotopic (exact) mass is 309 g/mol. The van der Waals surface area contributed by atoms with E-state index < -0.39 is 30.5 Å². The first-order valence-electron chi connectivity index (χ1n) is 6.70. The minimum atomic E-state index is -4.31. The number of benzene rings is 1. The summed E-state index contributed by atoms with van der Waals surface area (Å²) in [5, 5.41) is 9.86. The van der Waals surface area contributed by atoms with Gasteiger partial charge in [0.1, 0.15) is 0 Å². The molecule has 118 valence electrons. The van der Waals surface area contributed by atoms with E-state index in [0.29, 0.717) is 12.8 Å². The molecule has 0 aromatic heterocycles. The number of alkyl halides is 3. The minimum absolute atomic E-state index is 0.0126. The third-order valence-electron chi connectivity index (χ3n) is 3.48. The Bertz CT molecular complexity index is 487. The van der Waals surface area contributed by atoms with Gasteiger partial charge in [0.2, 0.25) is 0 Å². The number of nitrogens with zero attached hydrogens (tertiary/aromatic N) is 1. The van der Waals surface area contributed by atoms with Gasteiger partial charge in [0.25, 0.3) is 0 Å². The molecule has 0 heterocycles. The van der Waals surface area contributed by atoms with Crippen LogP contribution in [0, 0.1) is 11.6 Å². The normalized spacial score (nSPS) is 17.3. The van der Waals surface area contributed by atoms with E-state index in [9.17, 15) is 27.1 Å². The van der Waals surface area contributed by atoms with E-state index in [-0.39, 0.29) is 24.6 Å². The van der Waals surface area contributed by atoms with Gasteiger partial charge in [-0.25, -0.2) is 8.78 Å². The van der Waals surface area contributed by atoms with Crippen molar-refractivity contribution in [2.24, 2.45) is 0 Å². The number of aliphatic hydroxyl groups excluding tert-OH is 1. The van der Waals surface area contributed by atoms with Crippen LogP contribution in [0.2, 0.25) is 0 Å². The van der Waals surface area contributed by atoms with Crippen LogP contribution < -0.4 is 0 Å². The Morgan fingerprint density at radius 2 is 1.90 bits per heavy atom. The van der Waals surface area contributed by atoms with Gasteiger partial charge in [-0.05, 0) is 25.3 Å². The van der Waals surface area contributed by atoms with Crippen LogP contribution in [0.4, 0.5) is 22.0 Å². The molecule has 0 spiro atoms. The second-order valence-electron chi connectivity index (χ2n) is 5.26. The molecule has 0 radical (unpaired) electrons. The molecule has 1 aromatic rings. The van der Waals surface area contributed by atoms with Gasteiger partial charge < -0.3 is 5.11 Å². The molecule has 1 aromatic carbocycles. The fourth-order valence-corrected chi connectivity index (χ4v) is 2.28. The van der Waals surface area contributed by atoms with Crippen LogP contribution in [0.1, 0.15) is 30.9 Å². The summed E-state index contributed by atoms with van der Waals surface area (Å²) in [6.07, 6.45) is -4.32. The molecule has 0 bridgehead atoms. The summed E-state index contributed by atoms with van der Waals surface area (Å²) in [6.45, 7) is -1.06. The topological polar surface area (TPSA) is 23.5 Å². The highest BCUT2D eigenvalue weighted by atomic mass is 19.4. The van der Waals surface area contributed by atoms with Crippen LogP contribution in [0.15, 0.2) is 18.2 Å². The lowest BCUT2D eigenvalue weighted by atomic mass is 10.1. The molecule has 1 N–H and O–H groups in total. The molecular formula is C14H16F5NO. The lowest BCUT2D eigenvalue weighted by molar-refractivity contribution is -0.147. The maximum atomic E-state index is 13.5. The van der Waals surface area contributed by atoms with Gasteiger partial charge in [-0.2, -0.15) is 13.2 Å². The first-order chi connectivity index (χ1) is 9.78. The number of hydrogen-bond acceptors (Lipinski definition) is 2. The second kappa shape index (κ2) is 6.27. The summed E-state index contributed by atoms with van der Waals surface area (Å²) in [6, 6.07) is 3.28. The Labute approximate surface area is 119 Å². The number of halogens is 5. The summed E-state index contributed by atoms with van der Waals surface area (Å²) in [5.41, 5.74) is -0.224. The molecular weight excluding hydrogens is 293 g/mol. The molecule has 0 aliphatic heterocycles. The zero-order chi connectivity index (χ0) is 15.6. The highest BCUT2D eigenvalue weighted by Crippen LogP contribution is 2.31. The Balaban J connectivity index is 1.95. The molecule has 0 saturated heterocycles.